The SMILES string of the molecule is Cc1ccc(CNC(=O)c2cnc(N3CCc4ccccc43)cn2)cc1. The van der Waals surface area contributed by atoms with Gasteiger partial charge in [-0.1, -0.05) is 48.0 Å². The highest BCUT2D eigenvalue weighted by atomic mass is 16.1. The fourth-order valence-corrected chi connectivity index (χ4v) is 3.13. The van der Waals surface area contributed by atoms with Crippen LogP contribution in [0.25, 0.3) is 0 Å². The quantitative estimate of drug-likeness (QED) is 0.788. The zero-order chi connectivity index (χ0) is 17.9. The summed E-state index contributed by atoms with van der Waals surface area (Å²) in [5.74, 6) is 0.552. The van der Waals surface area contributed by atoms with Gasteiger partial charge in [-0.05, 0) is 30.5 Å². The number of fused-ring (bicyclic) bond motifs is 1. The van der Waals surface area contributed by atoms with E-state index in [1.807, 2.05) is 37.3 Å². The van der Waals surface area contributed by atoms with Gasteiger partial charge in [-0.2, -0.15) is 0 Å². The normalized spacial score (nSPS) is 12.7. The second-order valence-electron chi connectivity index (χ2n) is 6.46. The summed E-state index contributed by atoms with van der Waals surface area (Å²) >= 11 is 0. The van der Waals surface area contributed by atoms with Crippen molar-refractivity contribution in [2.45, 2.75) is 19.9 Å². The minimum absolute atomic E-state index is 0.216. The molecule has 1 N–H and O–H groups in total. The van der Waals surface area contributed by atoms with E-state index in [9.17, 15) is 4.79 Å². The van der Waals surface area contributed by atoms with Gasteiger partial charge in [0.25, 0.3) is 5.91 Å². The van der Waals surface area contributed by atoms with Gasteiger partial charge in [-0.25, -0.2) is 9.97 Å². The third-order valence-electron chi connectivity index (χ3n) is 4.61. The molecule has 0 saturated carbocycles. The van der Waals surface area contributed by atoms with Gasteiger partial charge >= 0.3 is 0 Å². The lowest BCUT2D eigenvalue weighted by Gasteiger charge is -2.17. The maximum absolute atomic E-state index is 12.3. The summed E-state index contributed by atoms with van der Waals surface area (Å²) in [6.45, 7) is 3.40. The molecule has 0 fully saturated rings. The summed E-state index contributed by atoms with van der Waals surface area (Å²) in [5, 5.41) is 2.88. The van der Waals surface area contributed by atoms with Crippen molar-refractivity contribution in [2.75, 3.05) is 11.4 Å². The number of benzene rings is 2. The highest BCUT2D eigenvalue weighted by Gasteiger charge is 2.21. The monoisotopic (exact) mass is 344 g/mol. The highest BCUT2D eigenvalue weighted by Crippen LogP contribution is 2.32. The Hall–Kier alpha value is -3.21. The summed E-state index contributed by atoms with van der Waals surface area (Å²) < 4.78 is 0. The van der Waals surface area contributed by atoms with Gasteiger partial charge in [0.2, 0.25) is 0 Å². The van der Waals surface area contributed by atoms with Crippen LogP contribution in [-0.4, -0.2) is 22.4 Å². The molecule has 2 aromatic carbocycles. The number of hydrogen-bond acceptors (Lipinski definition) is 4. The molecule has 1 amide bonds. The Labute approximate surface area is 152 Å². The third kappa shape index (κ3) is 3.28. The topological polar surface area (TPSA) is 58.1 Å². The molecule has 0 unspecified atom stereocenters. The van der Waals surface area contributed by atoms with E-state index in [1.54, 1.807) is 12.4 Å². The van der Waals surface area contributed by atoms with E-state index >= 15 is 0 Å². The molecule has 0 aliphatic carbocycles. The smallest absolute Gasteiger partial charge is 0.271 e. The molecule has 4 rings (SSSR count). The van der Waals surface area contributed by atoms with E-state index in [2.05, 4.69) is 38.4 Å². The first-order valence-electron chi connectivity index (χ1n) is 8.72. The van der Waals surface area contributed by atoms with Gasteiger partial charge in [0, 0.05) is 18.8 Å². The number of amides is 1. The Balaban J connectivity index is 1.43. The molecule has 1 aliphatic heterocycles. The van der Waals surface area contributed by atoms with Gasteiger partial charge < -0.3 is 10.2 Å². The number of carbonyl (C=O) groups excluding carboxylic acids is 1. The predicted molar refractivity (Wildman–Crippen MR) is 102 cm³/mol. The van der Waals surface area contributed by atoms with Crippen molar-refractivity contribution in [3.8, 4) is 0 Å². The Morgan fingerprint density at radius 2 is 1.88 bits per heavy atom. The predicted octanol–water partition coefficient (Wildman–Crippen LogP) is 3.41. The van der Waals surface area contributed by atoms with Crippen LogP contribution in [0.15, 0.2) is 60.9 Å². The van der Waals surface area contributed by atoms with Crippen molar-refractivity contribution in [3.05, 3.63) is 83.3 Å². The maximum Gasteiger partial charge on any atom is 0.271 e. The van der Waals surface area contributed by atoms with Crippen molar-refractivity contribution in [1.82, 2.24) is 15.3 Å². The first-order valence-corrected chi connectivity index (χ1v) is 8.72. The number of carbonyl (C=O) groups is 1. The lowest BCUT2D eigenvalue weighted by Crippen LogP contribution is -2.24. The molecular formula is C21H20N4O. The van der Waals surface area contributed by atoms with Crippen LogP contribution in [0, 0.1) is 6.92 Å². The van der Waals surface area contributed by atoms with E-state index in [0.29, 0.717) is 12.2 Å². The maximum atomic E-state index is 12.3. The van der Waals surface area contributed by atoms with E-state index < -0.39 is 0 Å². The number of anilines is 2. The van der Waals surface area contributed by atoms with Gasteiger partial charge in [0.05, 0.1) is 12.4 Å². The fourth-order valence-electron chi connectivity index (χ4n) is 3.13. The molecule has 0 spiro atoms. The minimum atomic E-state index is -0.216. The van der Waals surface area contributed by atoms with Crippen molar-refractivity contribution in [1.29, 1.82) is 0 Å². The third-order valence-corrected chi connectivity index (χ3v) is 4.61. The van der Waals surface area contributed by atoms with E-state index in [4.69, 9.17) is 0 Å². The average Bonchev–Trinajstić information content (AvgIpc) is 3.11. The van der Waals surface area contributed by atoms with Crippen LogP contribution in [-0.2, 0) is 13.0 Å². The summed E-state index contributed by atoms with van der Waals surface area (Å²) in [6.07, 6.45) is 4.21. The average molecular weight is 344 g/mol. The highest BCUT2D eigenvalue weighted by molar-refractivity contribution is 5.92. The summed E-state index contributed by atoms with van der Waals surface area (Å²) in [6, 6.07) is 16.4. The van der Waals surface area contributed by atoms with Crippen molar-refractivity contribution in [3.63, 3.8) is 0 Å². The lowest BCUT2D eigenvalue weighted by molar-refractivity contribution is 0.0945. The van der Waals surface area contributed by atoms with Crippen LogP contribution in [0.1, 0.15) is 27.2 Å². The molecule has 26 heavy (non-hydrogen) atoms. The van der Waals surface area contributed by atoms with Crippen LogP contribution >= 0.6 is 0 Å². The molecule has 0 atom stereocenters. The minimum Gasteiger partial charge on any atom is -0.347 e. The van der Waals surface area contributed by atoms with Crippen LogP contribution in [0.3, 0.4) is 0 Å². The molecule has 0 saturated heterocycles. The van der Waals surface area contributed by atoms with Crippen molar-refractivity contribution < 1.29 is 4.79 Å². The fraction of sp³-hybridized carbons (Fsp3) is 0.190. The van der Waals surface area contributed by atoms with Gasteiger partial charge in [-0.3, -0.25) is 4.79 Å². The number of para-hydroxylation sites is 1. The van der Waals surface area contributed by atoms with Crippen LogP contribution in [0.5, 0.6) is 0 Å². The Morgan fingerprint density at radius 3 is 2.65 bits per heavy atom. The second-order valence-corrected chi connectivity index (χ2v) is 6.46. The molecule has 1 aliphatic rings. The van der Waals surface area contributed by atoms with Gasteiger partial charge in [0.1, 0.15) is 5.69 Å². The number of aryl methyl sites for hydroxylation is 1. The first kappa shape index (κ1) is 16.3. The van der Waals surface area contributed by atoms with Crippen LogP contribution < -0.4 is 10.2 Å². The molecule has 5 heteroatoms. The second kappa shape index (κ2) is 6.96. The number of nitrogens with zero attached hydrogens (tertiary/aromatic N) is 3. The molecular weight excluding hydrogens is 324 g/mol. The Bertz CT molecular complexity index is 920. The molecule has 3 aromatic rings. The zero-order valence-electron chi connectivity index (χ0n) is 14.6. The van der Waals surface area contributed by atoms with Crippen molar-refractivity contribution >= 4 is 17.4 Å². The number of aromatic nitrogens is 2. The summed E-state index contributed by atoms with van der Waals surface area (Å²) in [4.78, 5) is 23.2. The molecule has 0 bridgehead atoms. The van der Waals surface area contributed by atoms with Crippen LogP contribution in [0.2, 0.25) is 0 Å². The standard InChI is InChI=1S/C21H20N4O/c1-15-6-8-16(9-7-15)12-24-21(26)18-13-23-20(14-22-18)25-11-10-17-4-2-3-5-19(17)25/h2-9,13-14H,10-12H2,1H3,(H,24,26). The first-order chi connectivity index (χ1) is 12.7. The largest absolute Gasteiger partial charge is 0.347 e. The molecule has 5 nitrogen and oxygen atoms in total. The van der Waals surface area contributed by atoms with Crippen molar-refractivity contribution in [2.24, 2.45) is 0 Å². The van der Waals surface area contributed by atoms with E-state index in [0.717, 1.165) is 24.3 Å². The summed E-state index contributed by atoms with van der Waals surface area (Å²) in [5.41, 5.74) is 5.06. The van der Waals surface area contributed by atoms with E-state index in [1.165, 1.54) is 16.8 Å². The number of nitrogens with one attached hydrogen (secondary N) is 1. The summed E-state index contributed by atoms with van der Waals surface area (Å²) in [7, 11) is 0. The zero-order valence-corrected chi connectivity index (χ0v) is 14.6. The number of hydrogen-bond donors (Lipinski definition) is 1. The number of rotatable bonds is 4. The van der Waals surface area contributed by atoms with Crippen LogP contribution in [0.4, 0.5) is 11.5 Å². The molecule has 130 valence electrons. The Morgan fingerprint density at radius 1 is 1.08 bits per heavy atom. The van der Waals surface area contributed by atoms with Gasteiger partial charge in [-0.15, -0.1) is 0 Å². The lowest BCUT2D eigenvalue weighted by atomic mass is 10.1. The molecule has 2 heterocycles. The molecule has 1 aromatic heterocycles. The van der Waals surface area contributed by atoms with Gasteiger partial charge in [0.15, 0.2) is 5.82 Å². The molecule has 0 radical (unpaired) electrons. The van der Waals surface area contributed by atoms with E-state index in [-0.39, 0.29) is 5.91 Å². The Kier molecular flexibility index (Phi) is 4.35.